The molecule has 7 rings (SSSR count). The number of pyridine rings is 2. The van der Waals surface area contributed by atoms with Gasteiger partial charge in [0, 0.05) is 60.9 Å². The molecule has 3 N–H and O–H groups in total. The zero-order valence-electron chi connectivity index (χ0n) is 29.6. The maximum absolute atomic E-state index is 12.7. The van der Waals surface area contributed by atoms with Crippen LogP contribution in [0.5, 0.6) is 0 Å². The van der Waals surface area contributed by atoms with Crippen LogP contribution in [-0.2, 0) is 13.1 Å². The third kappa shape index (κ3) is 8.74. The van der Waals surface area contributed by atoms with Gasteiger partial charge in [-0.05, 0) is 107 Å². The Morgan fingerprint density at radius 1 is 0.647 bits per heavy atom. The van der Waals surface area contributed by atoms with Gasteiger partial charge in [-0.25, -0.2) is 9.97 Å². The third-order valence-electron chi connectivity index (χ3n) is 7.70. The van der Waals surface area contributed by atoms with Crippen molar-refractivity contribution in [1.29, 1.82) is 0 Å². The number of nitrogens with one attached hydrogen (secondary N) is 1. The Bertz CT molecular complexity index is 2290. The predicted molar refractivity (Wildman–Crippen MR) is 202 cm³/mol. The van der Waals surface area contributed by atoms with E-state index in [0.29, 0.717) is 51.2 Å². The average Bonchev–Trinajstić information content (AvgIpc) is 3.72. The second kappa shape index (κ2) is 15.2. The van der Waals surface area contributed by atoms with Crippen LogP contribution in [0.4, 0.5) is 17.1 Å². The number of anilines is 3. The second-order valence-corrected chi connectivity index (χ2v) is 12.9. The van der Waals surface area contributed by atoms with Crippen LogP contribution >= 0.6 is 0 Å². The quantitative estimate of drug-likeness (QED) is 0.155. The number of oxazole rings is 2. The number of nitrogens with zero attached hydrogens (tertiary/aromatic N) is 7. The van der Waals surface area contributed by atoms with E-state index in [-0.39, 0.29) is 5.91 Å². The number of hydrogen-bond donors (Lipinski definition) is 2. The molecule has 0 unspecified atom stereocenters. The fourth-order valence-corrected chi connectivity index (χ4v) is 5.32. The van der Waals surface area contributed by atoms with Crippen LogP contribution in [0.15, 0.2) is 106 Å². The highest BCUT2D eigenvalue weighted by atomic mass is 16.4. The molecule has 0 saturated carbocycles. The number of carbonyl (C=O) groups is 1. The molecule has 4 heterocycles. The predicted octanol–water partition coefficient (Wildman–Crippen LogP) is 6.80. The zero-order valence-corrected chi connectivity index (χ0v) is 29.6. The molecule has 51 heavy (non-hydrogen) atoms. The van der Waals surface area contributed by atoms with Gasteiger partial charge in [-0.2, -0.15) is 9.97 Å². The van der Waals surface area contributed by atoms with Crippen molar-refractivity contribution in [3.8, 4) is 22.9 Å². The number of benzene rings is 3. The van der Waals surface area contributed by atoms with Gasteiger partial charge < -0.3 is 34.6 Å². The zero-order chi connectivity index (χ0) is 36.1. The monoisotopic (exact) mass is 683 g/mol. The highest BCUT2D eigenvalue weighted by molar-refractivity contribution is 6.05. The Balaban J connectivity index is 0.000000193. The molecule has 0 atom stereocenters. The van der Waals surface area contributed by atoms with E-state index >= 15 is 0 Å². The number of nitrogens with two attached hydrogens (primary N) is 1. The number of rotatable bonds is 9. The van der Waals surface area contributed by atoms with Crippen molar-refractivity contribution in [2.45, 2.75) is 13.1 Å². The first-order valence-corrected chi connectivity index (χ1v) is 16.4. The van der Waals surface area contributed by atoms with E-state index in [9.17, 15) is 4.79 Å². The summed E-state index contributed by atoms with van der Waals surface area (Å²) in [6.45, 7) is 1.51. The Kier molecular flexibility index (Phi) is 10.4. The van der Waals surface area contributed by atoms with Gasteiger partial charge in [-0.15, -0.1) is 0 Å². The minimum absolute atomic E-state index is 0.173. The second-order valence-electron chi connectivity index (χ2n) is 12.9. The number of nitrogen functional groups attached to an aromatic ring is 1. The molecule has 0 aliphatic carbocycles. The summed E-state index contributed by atoms with van der Waals surface area (Å²) in [5.74, 6) is 0.838. The van der Waals surface area contributed by atoms with Crippen molar-refractivity contribution in [3.63, 3.8) is 0 Å². The van der Waals surface area contributed by atoms with Crippen LogP contribution < -0.4 is 16.0 Å². The molecule has 0 spiro atoms. The molecule has 0 aliphatic heterocycles. The molecule has 12 heteroatoms. The first-order valence-electron chi connectivity index (χ1n) is 16.4. The minimum Gasteiger partial charge on any atom is -0.434 e. The van der Waals surface area contributed by atoms with Crippen LogP contribution in [0.1, 0.15) is 21.7 Å². The van der Waals surface area contributed by atoms with Gasteiger partial charge in [0.1, 0.15) is 0 Å². The largest absolute Gasteiger partial charge is 0.434 e. The van der Waals surface area contributed by atoms with Crippen LogP contribution in [-0.4, -0.2) is 77.9 Å². The fourth-order valence-electron chi connectivity index (χ4n) is 5.32. The molecule has 0 radical (unpaired) electrons. The first kappa shape index (κ1) is 34.7. The van der Waals surface area contributed by atoms with Crippen LogP contribution in [0.3, 0.4) is 0 Å². The first-order chi connectivity index (χ1) is 24.5. The molecular formula is C39H41N9O3. The standard InChI is InChI=1S/C24H25N5O2.C15H16N4O/c1-28(2)15-19-11-12-21-22(25-19)27-24(31-21)17-8-5-9-18(13-17)26-23(30)16-7-6-10-20(14-16)29(3)4;1-19(2)9-12-6-7-13-14(17-12)18-15(20-13)10-4-3-5-11(16)8-10/h5-14H,15H2,1-4H3,(H,26,30);3-8H,9,16H2,1-2H3. The lowest BCUT2D eigenvalue weighted by Crippen LogP contribution is -2.14. The number of amides is 1. The maximum atomic E-state index is 12.7. The molecule has 12 nitrogen and oxygen atoms in total. The van der Waals surface area contributed by atoms with Gasteiger partial charge >= 0.3 is 0 Å². The topological polar surface area (TPSA) is 143 Å². The van der Waals surface area contributed by atoms with Gasteiger partial charge in [0.05, 0.1) is 11.4 Å². The van der Waals surface area contributed by atoms with E-state index in [0.717, 1.165) is 41.3 Å². The van der Waals surface area contributed by atoms with Crippen molar-refractivity contribution >= 4 is 45.4 Å². The number of aromatic nitrogens is 4. The SMILES string of the molecule is CN(C)Cc1ccc2oc(-c3cccc(N)c3)nc2n1.CN(C)Cc1ccc2oc(-c3cccc(NC(=O)c4cccc(N(C)C)c4)c3)nc2n1. The number of fused-ring (bicyclic) bond motifs is 2. The molecule has 0 saturated heterocycles. The summed E-state index contributed by atoms with van der Waals surface area (Å²) in [6.07, 6.45) is 0. The highest BCUT2D eigenvalue weighted by Crippen LogP contribution is 2.27. The smallest absolute Gasteiger partial charge is 0.255 e. The minimum atomic E-state index is -0.173. The van der Waals surface area contributed by atoms with Crippen LogP contribution in [0.25, 0.3) is 45.4 Å². The molecular weight excluding hydrogens is 642 g/mol. The van der Waals surface area contributed by atoms with E-state index < -0.39 is 0 Å². The van der Waals surface area contributed by atoms with E-state index in [4.69, 9.17) is 14.6 Å². The van der Waals surface area contributed by atoms with E-state index in [2.05, 4.69) is 35.1 Å². The van der Waals surface area contributed by atoms with Gasteiger partial charge in [0.2, 0.25) is 11.8 Å². The summed E-state index contributed by atoms with van der Waals surface area (Å²) in [4.78, 5) is 36.9. The van der Waals surface area contributed by atoms with Gasteiger partial charge in [0.15, 0.2) is 22.5 Å². The molecule has 0 bridgehead atoms. The summed E-state index contributed by atoms with van der Waals surface area (Å²) < 4.78 is 11.6. The van der Waals surface area contributed by atoms with Crippen LogP contribution in [0, 0.1) is 0 Å². The van der Waals surface area contributed by atoms with E-state index in [1.165, 1.54) is 0 Å². The molecule has 3 aromatic carbocycles. The van der Waals surface area contributed by atoms with Crippen molar-refractivity contribution in [3.05, 3.63) is 114 Å². The van der Waals surface area contributed by atoms with Crippen LogP contribution in [0.2, 0.25) is 0 Å². The highest BCUT2D eigenvalue weighted by Gasteiger charge is 2.14. The number of carbonyl (C=O) groups excluding carboxylic acids is 1. The maximum Gasteiger partial charge on any atom is 0.255 e. The fraction of sp³-hybridized carbons (Fsp3) is 0.205. The Labute approximate surface area is 296 Å². The Morgan fingerprint density at radius 3 is 1.75 bits per heavy atom. The molecule has 260 valence electrons. The summed E-state index contributed by atoms with van der Waals surface area (Å²) in [6, 6.07) is 30.1. The van der Waals surface area contributed by atoms with E-state index in [1.54, 1.807) is 6.07 Å². The normalized spacial score (nSPS) is 11.2. The molecule has 1 amide bonds. The average molecular weight is 684 g/mol. The van der Waals surface area contributed by atoms with E-state index in [1.807, 2.05) is 138 Å². The van der Waals surface area contributed by atoms with Crippen molar-refractivity contribution in [2.75, 3.05) is 58.2 Å². The summed E-state index contributed by atoms with van der Waals surface area (Å²) in [7, 11) is 11.9. The lowest BCUT2D eigenvalue weighted by atomic mass is 10.1. The van der Waals surface area contributed by atoms with Gasteiger partial charge in [-0.1, -0.05) is 18.2 Å². The molecule has 4 aromatic heterocycles. The molecule has 7 aromatic rings. The third-order valence-corrected chi connectivity index (χ3v) is 7.70. The van der Waals surface area contributed by atoms with Crippen molar-refractivity contribution in [2.24, 2.45) is 0 Å². The Hall–Kier alpha value is -6.11. The summed E-state index contributed by atoms with van der Waals surface area (Å²) in [5, 5.41) is 2.95. The number of hydrogen-bond acceptors (Lipinski definition) is 11. The lowest BCUT2D eigenvalue weighted by Gasteiger charge is -2.13. The van der Waals surface area contributed by atoms with Crippen molar-refractivity contribution in [1.82, 2.24) is 29.7 Å². The summed E-state index contributed by atoms with van der Waals surface area (Å²) >= 11 is 0. The summed E-state index contributed by atoms with van der Waals surface area (Å²) in [5.41, 5.74) is 14.7. The lowest BCUT2D eigenvalue weighted by molar-refractivity contribution is 0.102. The van der Waals surface area contributed by atoms with Gasteiger partial charge in [0.25, 0.3) is 5.91 Å². The van der Waals surface area contributed by atoms with Gasteiger partial charge in [-0.3, -0.25) is 4.79 Å². The Morgan fingerprint density at radius 2 is 1.20 bits per heavy atom. The molecule has 0 aliphatic rings. The van der Waals surface area contributed by atoms with Crippen molar-refractivity contribution < 1.29 is 13.6 Å². The molecule has 0 fully saturated rings.